The van der Waals surface area contributed by atoms with Crippen molar-refractivity contribution in [2.45, 2.75) is 11.5 Å². The van der Waals surface area contributed by atoms with Crippen LogP contribution in [0.1, 0.15) is 5.56 Å². The van der Waals surface area contributed by atoms with Crippen molar-refractivity contribution >= 4 is 33.4 Å². The van der Waals surface area contributed by atoms with Crippen molar-refractivity contribution in [2.24, 2.45) is 0 Å². The molecule has 1 N–H and O–H groups in total. The Balaban J connectivity index is 1.77. The summed E-state index contributed by atoms with van der Waals surface area (Å²) in [6.45, 7) is -2.16. The molecule has 2 aromatic carbocycles. The van der Waals surface area contributed by atoms with Crippen LogP contribution in [0.5, 0.6) is 5.75 Å². The number of benzene rings is 2. The highest BCUT2D eigenvalue weighted by Gasteiger charge is 2.26. The van der Waals surface area contributed by atoms with Gasteiger partial charge in [0.05, 0.1) is 23.0 Å². The zero-order valence-corrected chi connectivity index (χ0v) is 17.8. The summed E-state index contributed by atoms with van der Waals surface area (Å²) in [5.41, 5.74) is -0.303. The molecule has 1 saturated heterocycles. The molecule has 0 unspecified atom stereocenters. The number of anilines is 1. The predicted molar refractivity (Wildman–Crippen MR) is 113 cm³/mol. The fourth-order valence-electron chi connectivity index (χ4n) is 3.00. The maximum absolute atomic E-state index is 12.8. The minimum absolute atomic E-state index is 0.0162. The fourth-order valence-corrected chi connectivity index (χ4v) is 4.46. The third-order valence-electron chi connectivity index (χ3n) is 4.54. The predicted octanol–water partition coefficient (Wildman–Crippen LogP) is 2.87. The molecule has 33 heavy (non-hydrogen) atoms. The lowest BCUT2D eigenvalue weighted by Crippen LogP contribution is -2.40. The number of non-ortho nitro benzene ring substituents is 1. The number of ether oxygens (including phenoxy) is 2. The van der Waals surface area contributed by atoms with E-state index in [1.807, 2.05) is 0 Å². The van der Waals surface area contributed by atoms with Gasteiger partial charge in [0.25, 0.3) is 5.69 Å². The quantitative estimate of drug-likeness (QED) is 0.347. The van der Waals surface area contributed by atoms with Gasteiger partial charge in [0.2, 0.25) is 15.9 Å². The van der Waals surface area contributed by atoms with Gasteiger partial charge in [-0.25, -0.2) is 8.42 Å². The van der Waals surface area contributed by atoms with Gasteiger partial charge in [-0.05, 0) is 30.3 Å². The highest BCUT2D eigenvalue weighted by Crippen LogP contribution is 2.27. The number of nitrogens with zero attached hydrogens (tertiary/aromatic N) is 2. The van der Waals surface area contributed by atoms with Gasteiger partial charge in [-0.1, -0.05) is 6.07 Å². The van der Waals surface area contributed by atoms with Crippen LogP contribution in [0.2, 0.25) is 0 Å². The largest absolute Gasteiger partial charge is 0.434 e. The first-order chi connectivity index (χ1) is 15.7. The molecule has 0 spiro atoms. The number of amides is 1. The third kappa shape index (κ3) is 6.31. The number of alkyl halides is 2. The van der Waals surface area contributed by atoms with E-state index in [4.69, 9.17) is 4.74 Å². The van der Waals surface area contributed by atoms with Gasteiger partial charge in [0, 0.05) is 42.5 Å². The molecule has 0 bridgehead atoms. The van der Waals surface area contributed by atoms with Crippen LogP contribution in [0.3, 0.4) is 0 Å². The van der Waals surface area contributed by atoms with E-state index in [2.05, 4.69) is 10.1 Å². The van der Waals surface area contributed by atoms with E-state index in [-0.39, 0.29) is 53.9 Å². The van der Waals surface area contributed by atoms with Crippen molar-refractivity contribution in [1.29, 1.82) is 0 Å². The van der Waals surface area contributed by atoms with Crippen LogP contribution in [-0.2, 0) is 19.6 Å². The molecule has 1 amide bonds. The SMILES string of the molecule is O=C(/C=C/c1cc([N+](=O)[O-])ccc1OC(F)F)Nc1cccc(S(=O)(=O)N2CCOCC2)c1. The molecule has 10 nitrogen and oxygen atoms in total. The van der Waals surface area contributed by atoms with Crippen molar-refractivity contribution in [3.8, 4) is 5.75 Å². The monoisotopic (exact) mass is 483 g/mol. The zero-order valence-electron chi connectivity index (χ0n) is 17.0. The van der Waals surface area contributed by atoms with Crippen LogP contribution < -0.4 is 10.1 Å². The lowest BCUT2D eigenvalue weighted by Gasteiger charge is -2.26. The molecule has 1 fully saturated rings. The molecule has 0 saturated carbocycles. The Bertz CT molecular complexity index is 1170. The van der Waals surface area contributed by atoms with Crippen molar-refractivity contribution in [3.63, 3.8) is 0 Å². The van der Waals surface area contributed by atoms with Crippen LogP contribution in [0.4, 0.5) is 20.2 Å². The minimum Gasteiger partial charge on any atom is -0.434 e. The van der Waals surface area contributed by atoms with Gasteiger partial charge in [-0.2, -0.15) is 13.1 Å². The summed E-state index contributed by atoms with van der Waals surface area (Å²) in [5.74, 6) is -1.07. The Kier molecular flexibility index (Phi) is 7.68. The zero-order chi connectivity index (χ0) is 24.0. The van der Waals surface area contributed by atoms with Gasteiger partial charge in [-0.3, -0.25) is 14.9 Å². The maximum Gasteiger partial charge on any atom is 0.387 e. The third-order valence-corrected chi connectivity index (χ3v) is 6.44. The number of carbonyl (C=O) groups excluding carboxylic acids is 1. The number of nitrogens with one attached hydrogen (secondary N) is 1. The van der Waals surface area contributed by atoms with Gasteiger partial charge < -0.3 is 14.8 Å². The summed E-state index contributed by atoms with van der Waals surface area (Å²) in [6, 6.07) is 8.60. The van der Waals surface area contributed by atoms with E-state index in [1.165, 1.54) is 28.6 Å². The van der Waals surface area contributed by atoms with Gasteiger partial charge >= 0.3 is 6.61 Å². The lowest BCUT2D eigenvalue weighted by atomic mass is 10.1. The van der Waals surface area contributed by atoms with Crippen molar-refractivity contribution < 1.29 is 36.4 Å². The van der Waals surface area contributed by atoms with Crippen LogP contribution in [-0.4, -0.2) is 56.5 Å². The van der Waals surface area contributed by atoms with E-state index in [1.54, 1.807) is 0 Å². The molecule has 0 atom stereocenters. The molecule has 0 aliphatic carbocycles. The fraction of sp³-hybridized carbons (Fsp3) is 0.250. The molecule has 0 radical (unpaired) electrons. The lowest BCUT2D eigenvalue weighted by molar-refractivity contribution is -0.384. The number of nitro groups is 1. The average Bonchev–Trinajstić information content (AvgIpc) is 2.78. The Morgan fingerprint density at radius 2 is 1.94 bits per heavy atom. The standard InChI is InChI=1S/C20H19F2N3O7S/c21-20(22)32-18-6-5-16(25(27)28)12-14(18)4-7-19(26)23-15-2-1-3-17(13-15)33(29,30)24-8-10-31-11-9-24/h1-7,12-13,20H,8-11H2,(H,23,26)/b7-4+. The molecule has 1 aliphatic heterocycles. The number of carbonyl (C=O) groups is 1. The normalized spacial score (nSPS) is 15.0. The molecule has 2 aromatic rings. The second kappa shape index (κ2) is 10.5. The highest BCUT2D eigenvalue weighted by atomic mass is 32.2. The van der Waals surface area contributed by atoms with E-state index in [0.29, 0.717) is 0 Å². The molecule has 176 valence electrons. The second-order valence-corrected chi connectivity index (χ2v) is 8.66. The highest BCUT2D eigenvalue weighted by molar-refractivity contribution is 7.89. The topological polar surface area (TPSA) is 128 Å². The van der Waals surface area contributed by atoms with Gasteiger partial charge in [0.1, 0.15) is 5.75 Å². The average molecular weight is 483 g/mol. The van der Waals surface area contributed by atoms with Crippen molar-refractivity contribution in [2.75, 3.05) is 31.6 Å². The molecular formula is C20H19F2N3O7S. The van der Waals surface area contributed by atoms with E-state index < -0.39 is 27.5 Å². The molecule has 0 aromatic heterocycles. The first kappa shape index (κ1) is 24.2. The molecule has 3 rings (SSSR count). The van der Waals surface area contributed by atoms with E-state index >= 15 is 0 Å². The second-order valence-electron chi connectivity index (χ2n) is 6.72. The number of halogens is 2. The number of nitro benzene ring substituents is 1. The summed E-state index contributed by atoms with van der Waals surface area (Å²) in [7, 11) is -3.77. The van der Waals surface area contributed by atoms with Crippen LogP contribution in [0.15, 0.2) is 53.4 Å². The van der Waals surface area contributed by atoms with Crippen LogP contribution in [0, 0.1) is 10.1 Å². The Labute approximate surface area is 187 Å². The minimum atomic E-state index is -3.77. The maximum atomic E-state index is 12.8. The van der Waals surface area contributed by atoms with Crippen molar-refractivity contribution in [3.05, 3.63) is 64.2 Å². The molecular weight excluding hydrogens is 464 g/mol. The molecule has 13 heteroatoms. The number of hydrogen-bond acceptors (Lipinski definition) is 7. The summed E-state index contributed by atoms with van der Waals surface area (Å²) in [6.07, 6.45) is 2.04. The van der Waals surface area contributed by atoms with Crippen LogP contribution >= 0.6 is 0 Å². The number of rotatable bonds is 8. The summed E-state index contributed by atoms with van der Waals surface area (Å²) in [5, 5.41) is 13.4. The Morgan fingerprint density at radius 1 is 1.21 bits per heavy atom. The van der Waals surface area contributed by atoms with Crippen LogP contribution in [0.25, 0.3) is 6.08 Å². The Morgan fingerprint density at radius 3 is 2.61 bits per heavy atom. The summed E-state index contributed by atoms with van der Waals surface area (Å²) >= 11 is 0. The number of sulfonamides is 1. The first-order valence-corrected chi connectivity index (χ1v) is 11.0. The summed E-state index contributed by atoms with van der Waals surface area (Å²) < 4.78 is 61.5. The smallest absolute Gasteiger partial charge is 0.387 e. The number of hydrogen-bond donors (Lipinski definition) is 1. The van der Waals surface area contributed by atoms with Crippen molar-refractivity contribution in [1.82, 2.24) is 4.31 Å². The summed E-state index contributed by atoms with van der Waals surface area (Å²) in [4.78, 5) is 22.5. The molecule has 1 heterocycles. The molecule has 1 aliphatic rings. The van der Waals surface area contributed by atoms with E-state index in [9.17, 15) is 32.1 Å². The first-order valence-electron chi connectivity index (χ1n) is 9.57. The Hall–Kier alpha value is -3.42. The number of morpholine rings is 1. The van der Waals surface area contributed by atoms with E-state index in [0.717, 1.165) is 30.4 Å². The van der Waals surface area contributed by atoms with Gasteiger partial charge in [0.15, 0.2) is 0 Å². The van der Waals surface area contributed by atoms with Gasteiger partial charge in [-0.15, -0.1) is 0 Å².